The molecule has 3 amide bonds. The summed E-state index contributed by atoms with van der Waals surface area (Å²) in [6.45, 7) is 0.261. The molecule has 2 aliphatic rings. The summed E-state index contributed by atoms with van der Waals surface area (Å²) < 4.78 is 18.3. The maximum atomic E-state index is 13.4. The molecule has 1 atom stereocenters. The molecule has 2 aliphatic heterocycles. The Morgan fingerprint density at radius 1 is 1.05 bits per heavy atom. The van der Waals surface area contributed by atoms with Gasteiger partial charge in [-0.2, -0.15) is 0 Å². The standard InChI is InChI=1S/C29H26FN5O4S/c1-39-21-6-4-5-20(15-21)32-26(37)17-40-29-34-23-8-3-2-7-22(23)27-33-24(28(38)35(27)29)13-14-25(36)31-16-18-9-11-19(30)12-10-18/h2-12,15,24H,13-14,16-17H2,1H3,(H,31,36)(H,32,37)/t24-/m0/s1. The fourth-order valence-electron chi connectivity index (χ4n) is 4.27. The van der Waals surface area contributed by atoms with Crippen molar-refractivity contribution in [2.24, 2.45) is 9.98 Å². The molecular formula is C29H26FN5O4S. The number of hydrogen-bond donors (Lipinski definition) is 2. The van der Waals surface area contributed by atoms with E-state index in [0.717, 1.165) is 17.3 Å². The summed E-state index contributed by atoms with van der Waals surface area (Å²) in [4.78, 5) is 49.3. The minimum atomic E-state index is -0.755. The van der Waals surface area contributed by atoms with E-state index in [4.69, 9.17) is 4.74 Å². The number of halogens is 1. The number of carbonyl (C=O) groups excluding carboxylic acids is 3. The molecule has 0 saturated heterocycles. The highest BCUT2D eigenvalue weighted by Gasteiger charge is 2.41. The van der Waals surface area contributed by atoms with Crippen molar-refractivity contribution >= 4 is 51.9 Å². The molecule has 0 saturated carbocycles. The Kier molecular flexibility index (Phi) is 8.20. The zero-order chi connectivity index (χ0) is 28.1. The van der Waals surface area contributed by atoms with Gasteiger partial charge in [0.05, 0.1) is 18.6 Å². The molecule has 5 rings (SSSR count). The molecule has 9 nitrogen and oxygen atoms in total. The first kappa shape index (κ1) is 27.1. The lowest BCUT2D eigenvalue weighted by molar-refractivity contribution is -0.125. The molecule has 3 aromatic carbocycles. The Labute approximate surface area is 234 Å². The van der Waals surface area contributed by atoms with Crippen LogP contribution in [0, 0.1) is 5.82 Å². The van der Waals surface area contributed by atoms with E-state index in [1.807, 2.05) is 24.3 Å². The summed E-state index contributed by atoms with van der Waals surface area (Å²) in [6, 6.07) is 19.5. The maximum absolute atomic E-state index is 13.4. The summed E-state index contributed by atoms with van der Waals surface area (Å²) in [5, 5.41) is 5.97. The molecule has 0 aliphatic carbocycles. The summed E-state index contributed by atoms with van der Waals surface area (Å²) in [5.74, 6) is -0.0354. The van der Waals surface area contributed by atoms with Crippen molar-refractivity contribution in [3.8, 4) is 5.75 Å². The Bertz CT molecular complexity index is 1510. The number of carbonyl (C=O) groups is 3. The Morgan fingerprint density at radius 3 is 2.65 bits per heavy atom. The number of thioether (sulfide) groups is 1. The van der Waals surface area contributed by atoms with E-state index in [1.54, 1.807) is 43.5 Å². The first-order chi connectivity index (χ1) is 19.4. The molecule has 0 spiro atoms. The topological polar surface area (TPSA) is 112 Å². The van der Waals surface area contributed by atoms with Crippen LogP contribution in [0.25, 0.3) is 0 Å². The molecular weight excluding hydrogens is 533 g/mol. The van der Waals surface area contributed by atoms with Crippen molar-refractivity contribution in [1.29, 1.82) is 0 Å². The lowest BCUT2D eigenvalue weighted by atomic mass is 10.1. The number of hydrogen-bond acceptors (Lipinski definition) is 7. The quantitative estimate of drug-likeness (QED) is 0.407. The van der Waals surface area contributed by atoms with Crippen LogP contribution in [0.5, 0.6) is 5.75 Å². The third-order valence-corrected chi connectivity index (χ3v) is 7.22. The number of ether oxygens (including phenoxy) is 1. The zero-order valence-electron chi connectivity index (χ0n) is 21.6. The normalized spacial score (nSPS) is 15.5. The molecule has 0 bridgehead atoms. The second-order valence-electron chi connectivity index (χ2n) is 9.06. The maximum Gasteiger partial charge on any atom is 0.259 e. The highest BCUT2D eigenvalue weighted by Crippen LogP contribution is 2.34. The van der Waals surface area contributed by atoms with Gasteiger partial charge in [-0.15, -0.1) is 0 Å². The average Bonchev–Trinajstić information content (AvgIpc) is 3.31. The number of para-hydroxylation sites is 1. The molecule has 2 N–H and O–H groups in total. The number of benzene rings is 3. The first-order valence-corrected chi connectivity index (χ1v) is 13.6. The summed E-state index contributed by atoms with van der Waals surface area (Å²) in [7, 11) is 1.55. The number of aliphatic imine (C=N–C) groups is 2. The van der Waals surface area contributed by atoms with Crippen molar-refractivity contribution in [3.05, 3.63) is 89.7 Å². The molecule has 2 heterocycles. The SMILES string of the molecule is COc1cccc(NC(=O)CSC2=Nc3ccccc3C3=N[C@@H](CCC(=O)NCc4ccc(F)cc4)C(=O)N23)c1. The third kappa shape index (κ3) is 6.20. The fourth-order valence-corrected chi connectivity index (χ4v) is 5.07. The summed E-state index contributed by atoms with van der Waals surface area (Å²) >= 11 is 1.14. The lowest BCUT2D eigenvalue weighted by Crippen LogP contribution is -2.41. The van der Waals surface area contributed by atoms with E-state index in [-0.39, 0.29) is 48.7 Å². The van der Waals surface area contributed by atoms with Crippen LogP contribution in [0.3, 0.4) is 0 Å². The van der Waals surface area contributed by atoms with Gasteiger partial charge >= 0.3 is 0 Å². The van der Waals surface area contributed by atoms with Gasteiger partial charge in [0.15, 0.2) is 5.17 Å². The van der Waals surface area contributed by atoms with E-state index in [2.05, 4.69) is 20.6 Å². The molecule has 0 radical (unpaired) electrons. The lowest BCUT2D eigenvalue weighted by Gasteiger charge is -2.25. The largest absolute Gasteiger partial charge is 0.497 e. The van der Waals surface area contributed by atoms with Crippen molar-refractivity contribution in [2.45, 2.75) is 25.4 Å². The third-order valence-electron chi connectivity index (χ3n) is 6.28. The number of amidine groups is 2. The van der Waals surface area contributed by atoms with Gasteiger partial charge in [-0.05, 0) is 48.4 Å². The van der Waals surface area contributed by atoms with E-state index < -0.39 is 6.04 Å². The van der Waals surface area contributed by atoms with Crippen LogP contribution in [0.2, 0.25) is 0 Å². The van der Waals surface area contributed by atoms with Crippen LogP contribution in [0.15, 0.2) is 82.8 Å². The van der Waals surface area contributed by atoms with Crippen LogP contribution in [-0.4, -0.2) is 52.5 Å². The molecule has 204 valence electrons. The molecule has 0 fully saturated rings. The van der Waals surface area contributed by atoms with E-state index in [9.17, 15) is 18.8 Å². The van der Waals surface area contributed by atoms with Crippen LogP contribution in [0.1, 0.15) is 24.0 Å². The van der Waals surface area contributed by atoms with Crippen LogP contribution in [-0.2, 0) is 20.9 Å². The van der Waals surface area contributed by atoms with Gasteiger partial charge in [0.25, 0.3) is 5.91 Å². The highest BCUT2D eigenvalue weighted by molar-refractivity contribution is 8.14. The van der Waals surface area contributed by atoms with Crippen LogP contribution >= 0.6 is 11.8 Å². The molecule has 0 unspecified atom stereocenters. The van der Waals surface area contributed by atoms with Gasteiger partial charge in [0.1, 0.15) is 23.4 Å². The average molecular weight is 560 g/mol. The van der Waals surface area contributed by atoms with Gasteiger partial charge in [0.2, 0.25) is 11.8 Å². The molecule has 40 heavy (non-hydrogen) atoms. The van der Waals surface area contributed by atoms with Crippen molar-refractivity contribution < 1.29 is 23.5 Å². The number of fused-ring (bicyclic) bond motifs is 3. The van der Waals surface area contributed by atoms with Crippen LogP contribution < -0.4 is 15.4 Å². The number of methoxy groups -OCH3 is 1. The Balaban J connectivity index is 1.23. The Hall–Kier alpha value is -4.51. The highest BCUT2D eigenvalue weighted by atomic mass is 32.2. The zero-order valence-corrected chi connectivity index (χ0v) is 22.4. The second kappa shape index (κ2) is 12.1. The number of amides is 3. The van der Waals surface area contributed by atoms with Gasteiger partial charge in [-0.25, -0.2) is 14.3 Å². The Morgan fingerprint density at radius 2 is 1.85 bits per heavy atom. The van der Waals surface area contributed by atoms with Crippen molar-refractivity contribution in [1.82, 2.24) is 10.2 Å². The molecule has 0 aromatic heterocycles. The number of anilines is 1. The van der Waals surface area contributed by atoms with E-state index in [0.29, 0.717) is 33.7 Å². The summed E-state index contributed by atoms with van der Waals surface area (Å²) in [6.07, 6.45) is 0.303. The number of rotatable bonds is 9. The number of nitrogens with zero attached hydrogens (tertiary/aromatic N) is 3. The van der Waals surface area contributed by atoms with Crippen molar-refractivity contribution in [3.63, 3.8) is 0 Å². The first-order valence-electron chi connectivity index (χ1n) is 12.6. The molecule has 11 heteroatoms. The van der Waals surface area contributed by atoms with E-state index in [1.165, 1.54) is 17.0 Å². The van der Waals surface area contributed by atoms with Crippen molar-refractivity contribution in [2.75, 3.05) is 18.2 Å². The van der Waals surface area contributed by atoms with Gasteiger partial charge in [-0.1, -0.05) is 42.1 Å². The minimum absolute atomic E-state index is 0.0196. The van der Waals surface area contributed by atoms with Gasteiger partial charge < -0.3 is 15.4 Å². The second-order valence-corrected chi connectivity index (χ2v) is 10.0. The smallest absolute Gasteiger partial charge is 0.259 e. The van der Waals surface area contributed by atoms with E-state index >= 15 is 0 Å². The predicted molar refractivity (Wildman–Crippen MR) is 152 cm³/mol. The van der Waals surface area contributed by atoms with Gasteiger partial charge in [-0.3, -0.25) is 19.4 Å². The minimum Gasteiger partial charge on any atom is -0.497 e. The summed E-state index contributed by atoms with van der Waals surface area (Å²) in [5.41, 5.74) is 2.73. The fraction of sp³-hybridized carbons (Fsp3) is 0.207. The predicted octanol–water partition coefficient (Wildman–Crippen LogP) is 4.26. The van der Waals surface area contributed by atoms with Gasteiger partial charge in [0, 0.05) is 30.3 Å². The number of nitrogens with one attached hydrogen (secondary N) is 2. The van der Waals surface area contributed by atoms with Crippen LogP contribution in [0.4, 0.5) is 15.8 Å². The monoisotopic (exact) mass is 559 g/mol. The molecule has 3 aromatic rings.